The maximum atomic E-state index is 4.74. The summed E-state index contributed by atoms with van der Waals surface area (Å²) in [6.45, 7) is 5.73. The Hall–Kier alpha value is -2.24. The topological polar surface area (TPSA) is 58.0 Å². The summed E-state index contributed by atoms with van der Waals surface area (Å²) in [6.07, 6.45) is 6.20. The zero-order chi connectivity index (χ0) is 14.9. The number of anilines is 2. The lowest BCUT2D eigenvalue weighted by atomic mass is 10.3. The van der Waals surface area contributed by atoms with Crippen LogP contribution in [0.25, 0.3) is 0 Å². The molecule has 0 radical (unpaired) electrons. The van der Waals surface area contributed by atoms with Crippen LogP contribution in [0.4, 0.5) is 11.8 Å². The Morgan fingerprint density at radius 2 is 1.64 bits per heavy atom. The van der Waals surface area contributed by atoms with Gasteiger partial charge in [0.2, 0.25) is 5.95 Å². The van der Waals surface area contributed by atoms with Crippen LogP contribution in [0, 0.1) is 6.92 Å². The van der Waals surface area contributed by atoms with E-state index in [1.165, 1.54) is 12.8 Å². The van der Waals surface area contributed by atoms with Gasteiger partial charge in [0.25, 0.3) is 0 Å². The second kappa shape index (κ2) is 5.51. The summed E-state index contributed by atoms with van der Waals surface area (Å²) in [4.78, 5) is 22.6. The Labute approximate surface area is 130 Å². The first-order chi connectivity index (χ1) is 10.8. The van der Waals surface area contributed by atoms with Gasteiger partial charge in [-0.15, -0.1) is 0 Å². The van der Waals surface area contributed by atoms with Crippen molar-refractivity contribution in [2.45, 2.75) is 25.7 Å². The van der Waals surface area contributed by atoms with Crippen LogP contribution in [-0.4, -0.2) is 46.1 Å². The van der Waals surface area contributed by atoms with Gasteiger partial charge in [0, 0.05) is 50.2 Å². The highest BCUT2D eigenvalue weighted by molar-refractivity contribution is 5.42. The van der Waals surface area contributed by atoms with Gasteiger partial charge in [-0.05, 0) is 31.9 Å². The van der Waals surface area contributed by atoms with Crippen LogP contribution < -0.4 is 9.80 Å². The Morgan fingerprint density at radius 1 is 0.909 bits per heavy atom. The van der Waals surface area contributed by atoms with Gasteiger partial charge >= 0.3 is 0 Å². The molecule has 4 rings (SSSR count). The molecule has 2 fully saturated rings. The van der Waals surface area contributed by atoms with Crippen LogP contribution in [0.15, 0.2) is 24.5 Å². The lowest BCUT2D eigenvalue weighted by Crippen LogP contribution is -2.47. The van der Waals surface area contributed by atoms with Crippen molar-refractivity contribution in [3.8, 4) is 0 Å². The Morgan fingerprint density at radius 3 is 2.36 bits per heavy atom. The molecule has 6 nitrogen and oxygen atoms in total. The molecule has 114 valence electrons. The van der Waals surface area contributed by atoms with Crippen molar-refractivity contribution in [2.24, 2.45) is 0 Å². The van der Waals surface area contributed by atoms with Crippen molar-refractivity contribution in [1.82, 2.24) is 19.9 Å². The van der Waals surface area contributed by atoms with E-state index in [-0.39, 0.29) is 0 Å². The van der Waals surface area contributed by atoms with Gasteiger partial charge in [-0.3, -0.25) is 0 Å². The molecule has 22 heavy (non-hydrogen) atoms. The molecule has 1 saturated heterocycles. The number of aryl methyl sites for hydroxylation is 1. The van der Waals surface area contributed by atoms with Gasteiger partial charge in [-0.1, -0.05) is 0 Å². The summed E-state index contributed by atoms with van der Waals surface area (Å²) in [7, 11) is 0. The molecule has 1 saturated carbocycles. The molecule has 0 spiro atoms. The summed E-state index contributed by atoms with van der Waals surface area (Å²) in [5.41, 5.74) is 1.01. The zero-order valence-corrected chi connectivity index (χ0v) is 12.8. The minimum Gasteiger partial charge on any atom is -0.353 e. The average Bonchev–Trinajstić information content (AvgIpc) is 3.40. The molecule has 0 atom stereocenters. The SMILES string of the molecule is Cc1ccnc(N2CCN(c3ccnc(C4CC4)n3)CC2)n1. The largest absolute Gasteiger partial charge is 0.353 e. The summed E-state index contributed by atoms with van der Waals surface area (Å²) in [6, 6.07) is 3.95. The maximum Gasteiger partial charge on any atom is 0.225 e. The fourth-order valence-electron chi connectivity index (χ4n) is 2.80. The van der Waals surface area contributed by atoms with Gasteiger partial charge in [0.1, 0.15) is 11.6 Å². The minimum absolute atomic E-state index is 0.599. The molecular weight excluding hydrogens is 276 g/mol. The standard InChI is InChI=1S/C16H20N6/c1-12-4-6-18-16(19-12)22-10-8-21(9-11-22)14-5-7-17-15(20-14)13-2-3-13/h4-7,13H,2-3,8-11H2,1H3. The molecule has 0 amide bonds. The van der Waals surface area contributed by atoms with Crippen molar-refractivity contribution in [3.63, 3.8) is 0 Å². The number of piperazine rings is 1. The summed E-state index contributed by atoms with van der Waals surface area (Å²) >= 11 is 0. The molecule has 1 aliphatic carbocycles. The van der Waals surface area contributed by atoms with E-state index in [4.69, 9.17) is 4.98 Å². The van der Waals surface area contributed by atoms with Crippen molar-refractivity contribution < 1.29 is 0 Å². The van der Waals surface area contributed by atoms with E-state index in [0.29, 0.717) is 5.92 Å². The second-order valence-electron chi connectivity index (χ2n) is 6.02. The molecule has 0 unspecified atom stereocenters. The third kappa shape index (κ3) is 2.73. The third-order valence-corrected chi connectivity index (χ3v) is 4.27. The molecular formula is C16H20N6. The van der Waals surface area contributed by atoms with Gasteiger partial charge in [-0.25, -0.2) is 19.9 Å². The molecule has 0 aromatic carbocycles. The van der Waals surface area contributed by atoms with Gasteiger partial charge < -0.3 is 9.80 Å². The highest BCUT2D eigenvalue weighted by atomic mass is 15.3. The number of hydrogen-bond donors (Lipinski definition) is 0. The highest BCUT2D eigenvalue weighted by Gasteiger charge is 2.27. The number of nitrogens with zero attached hydrogens (tertiary/aromatic N) is 6. The molecule has 6 heteroatoms. The Balaban J connectivity index is 1.44. The molecule has 1 aliphatic heterocycles. The number of rotatable bonds is 3. The molecule has 2 aromatic heterocycles. The van der Waals surface area contributed by atoms with Crippen LogP contribution in [0.3, 0.4) is 0 Å². The van der Waals surface area contributed by atoms with E-state index in [9.17, 15) is 0 Å². The van der Waals surface area contributed by atoms with Crippen LogP contribution in [0.2, 0.25) is 0 Å². The predicted octanol–water partition coefficient (Wildman–Crippen LogP) is 1.78. The molecule has 3 heterocycles. The highest BCUT2D eigenvalue weighted by Crippen LogP contribution is 2.38. The lowest BCUT2D eigenvalue weighted by Gasteiger charge is -2.35. The second-order valence-corrected chi connectivity index (χ2v) is 6.02. The van der Waals surface area contributed by atoms with Crippen molar-refractivity contribution in [1.29, 1.82) is 0 Å². The van der Waals surface area contributed by atoms with E-state index < -0.39 is 0 Å². The Bertz CT molecular complexity index is 661. The first kappa shape index (κ1) is 13.4. The Kier molecular flexibility index (Phi) is 3.36. The van der Waals surface area contributed by atoms with E-state index in [0.717, 1.165) is 49.5 Å². The molecule has 2 aliphatic rings. The number of hydrogen-bond acceptors (Lipinski definition) is 6. The van der Waals surface area contributed by atoms with Crippen LogP contribution in [0.5, 0.6) is 0 Å². The zero-order valence-electron chi connectivity index (χ0n) is 12.8. The van der Waals surface area contributed by atoms with Crippen molar-refractivity contribution in [3.05, 3.63) is 36.0 Å². The third-order valence-electron chi connectivity index (χ3n) is 4.27. The van der Waals surface area contributed by atoms with Gasteiger partial charge in [-0.2, -0.15) is 0 Å². The van der Waals surface area contributed by atoms with Crippen LogP contribution in [0.1, 0.15) is 30.3 Å². The molecule has 2 aromatic rings. The molecule has 0 N–H and O–H groups in total. The van der Waals surface area contributed by atoms with E-state index in [1.54, 1.807) is 0 Å². The quantitative estimate of drug-likeness (QED) is 0.860. The first-order valence-electron chi connectivity index (χ1n) is 7.92. The maximum absolute atomic E-state index is 4.74. The fourth-order valence-corrected chi connectivity index (χ4v) is 2.80. The monoisotopic (exact) mass is 296 g/mol. The summed E-state index contributed by atoms with van der Waals surface area (Å²) in [5.74, 6) is 3.51. The number of aromatic nitrogens is 4. The average molecular weight is 296 g/mol. The van der Waals surface area contributed by atoms with Crippen molar-refractivity contribution in [2.75, 3.05) is 36.0 Å². The fraction of sp³-hybridized carbons (Fsp3) is 0.500. The summed E-state index contributed by atoms with van der Waals surface area (Å²) in [5, 5.41) is 0. The normalized spacial score (nSPS) is 18.6. The predicted molar refractivity (Wildman–Crippen MR) is 85.2 cm³/mol. The van der Waals surface area contributed by atoms with E-state index in [2.05, 4.69) is 24.8 Å². The minimum atomic E-state index is 0.599. The van der Waals surface area contributed by atoms with E-state index in [1.807, 2.05) is 31.5 Å². The van der Waals surface area contributed by atoms with Gasteiger partial charge in [0.15, 0.2) is 0 Å². The lowest BCUT2D eigenvalue weighted by molar-refractivity contribution is 0.631. The van der Waals surface area contributed by atoms with Crippen LogP contribution >= 0.6 is 0 Å². The first-order valence-corrected chi connectivity index (χ1v) is 7.92. The smallest absolute Gasteiger partial charge is 0.225 e. The summed E-state index contributed by atoms with van der Waals surface area (Å²) < 4.78 is 0. The van der Waals surface area contributed by atoms with Crippen molar-refractivity contribution >= 4 is 11.8 Å². The molecule has 0 bridgehead atoms. The van der Waals surface area contributed by atoms with E-state index >= 15 is 0 Å². The van der Waals surface area contributed by atoms with Crippen LogP contribution in [-0.2, 0) is 0 Å². The van der Waals surface area contributed by atoms with Gasteiger partial charge in [0.05, 0.1) is 0 Å².